The highest BCUT2D eigenvalue weighted by Crippen LogP contribution is 2.23. The van der Waals surface area contributed by atoms with Gasteiger partial charge in [0.1, 0.15) is 6.04 Å². The fourth-order valence-electron chi connectivity index (χ4n) is 1.63. The minimum Gasteiger partial charge on any atom is -0.480 e. The normalized spacial score (nSPS) is 13.3. The third-order valence-corrected chi connectivity index (χ3v) is 3.40. The Balaban J connectivity index is 2.54. The molecule has 0 heterocycles. The third-order valence-electron chi connectivity index (χ3n) is 2.87. The fourth-order valence-corrected chi connectivity index (χ4v) is 1.89. The van der Waals surface area contributed by atoms with Crippen molar-refractivity contribution < 1.29 is 9.90 Å². The van der Waals surface area contributed by atoms with E-state index in [4.69, 9.17) is 10.8 Å². The van der Waals surface area contributed by atoms with Crippen molar-refractivity contribution in [2.75, 3.05) is 13.1 Å². The van der Waals surface area contributed by atoms with E-state index in [1.807, 2.05) is 12.1 Å². The van der Waals surface area contributed by atoms with Crippen molar-refractivity contribution in [3.63, 3.8) is 0 Å². The molecule has 18 heavy (non-hydrogen) atoms. The number of carboxylic acids is 1. The Morgan fingerprint density at radius 3 is 2.50 bits per heavy atom. The molecule has 1 aromatic rings. The van der Waals surface area contributed by atoms with Gasteiger partial charge in [0.15, 0.2) is 0 Å². The van der Waals surface area contributed by atoms with Crippen LogP contribution in [-0.4, -0.2) is 30.2 Å². The zero-order valence-electron chi connectivity index (χ0n) is 10.6. The monoisotopic (exact) mass is 314 g/mol. The van der Waals surface area contributed by atoms with E-state index in [0.29, 0.717) is 6.54 Å². The summed E-state index contributed by atoms with van der Waals surface area (Å²) >= 11 is 3.40. The van der Waals surface area contributed by atoms with Crippen LogP contribution in [0.2, 0.25) is 0 Å². The summed E-state index contributed by atoms with van der Waals surface area (Å²) < 4.78 is 1.04. The summed E-state index contributed by atoms with van der Waals surface area (Å²) in [5.74, 6) is -0.982. The fraction of sp³-hybridized carbons (Fsp3) is 0.462. The average molecular weight is 315 g/mol. The molecule has 0 saturated carbocycles. The zero-order chi connectivity index (χ0) is 13.8. The Morgan fingerprint density at radius 2 is 2.00 bits per heavy atom. The van der Waals surface area contributed by atoms with E-state index in [1.165, 1.54) is 5.56 Å². The summed E-state index contributed by atoms with van der Waals surface area (Å²) in [6.45, 7) is 5.16. The number of hydrogen-bond donors (Lipinski definition) is 3. The van der Waals surface area contributed by atoms with Crippen molar-refractivity contribution in [2.45, 2.75) is 25.3 Å². The highest BCUT2D eigenvalue weighted by atomic mass is 79.9. The standard InChI is InChI=1S/C13H19BrN2O2/c1-13(2,8-16-7-11(15)12(17)18)9-3-5-10(14)6-4-9/h3-6,11,16H,7-8,15H2,1-2H3,(H,17,18). The van der Waals surface area contributed by atoms with Crippen molar-refractivity contribution in [3.8, 4) is 0 Å². The number of aliphatic carboxylic acids is 1. The quantitative estimate of drug-likeness (QED) is 0.747. The summed E-state index contributed by atoms with van der Waals surface area (Å²) in [7, 11) is 0. The highest BCUT2D eigenvalue weighted by molar-refractivity contribution is 9.10. The van der Waals surface area contributed by atoms with Gasteiger partial charge in [-0.15, -0.1) is 0 Å². The first kappa shape index (κ1) is 15.1. The molecule has 0 fully saturated rings. The van der Waals surface area contributed by atoms with Crippen LogP contribution in [0.1, 0.15) is 19.4 Å². The van der Waals surface area contributed by atoms with Gasteiger partial charge >= 0.3 is 5.97 Å². The second-order valence-corrected chi connectivity index (χ2v) is 5.88. The number of carboxylic acid groups (broad SMARTS) is 1. The SMILES string of the molecule is CC(C)(CNCC(N)C(=O)O)c1ccc(Br)cc1. The maximum Gasteiger partial charge on any atom is 0.321 e. The number of nitrogens with one attached hydrogen (secondary N) is 1. The number of halogens is 1. The molecular weight excluding hydrogens is 296 g/mol. The molecule has 0 radical (unpaired) electrons. The summed E-state index contributed by atoms with van der Waals surface area (Å²) in [6, 6.07) is 7.26. The number of benzene rings is 1. The number of hydrogen-bond acceptors (Lipinski definition) is 3. The van der Waals surface area contributed by atoms with Gasteiger partial charge < -0.3 is 16.2 Å². The van der Waals surface area contributed by atoms with Crippen LogP contribution < -0.4 is 11.1 Å². The van der Waals surface area contributed by atoms with E-state index >= 15 is 0 Å². The Hall–Kier alpha value is -0.910. The maximum absolute atomic E-state index is 10.6. The van der Waals surface area contributed by atoms with Crippen molar-refractivity contribution in [1.29, 1.82) is 0 Å². The van der Waals surface area contributed by atoms with Gasteiger partial charge in [0, 0.05) is 23.0 Å². The molecule has 1 unspecified atom stereocenters. The molecule has 0 bridgehead atoms. The Kier molecular flexibility index (Phi) is 5.31. The molecule has 4 N–H and O–H groups in total. The first-order valence-corrected chi connectivity index (χ1v) is 6.57. The Bertz CT molecular complexity index is 404. The van der Waals surface area contributed by atoms with Crippen LogP contribution >= 0.6 is 15.9 Å². The maximum atomic E-state index is 10.6. The molecule has 4 nitrogen and oxygen atoms in total. The predicted octanol–water partition coefficient (Wildman–Crippen LogP) is 1.73. The second kappa shape index (κ2) is 6.31. The van der Waals surface area contributed by atoms with E-state index in [-0.39, 0.29) is 12.0 Å². The van der Waals surface area contributed by atoms with Gasteiger partial charge in [-0.3, -0.25) is 4.79 Å². The van der Waals surface area contributed by atoms with Gasteiger partial charge in [-0.2, -0.15) is 0 Å². The number of rotatable bonds is 6. The third kappa shape index (κ3) is 4.40. The molecule has 0 spiro atoms. The summed E-state index contributed by atoms with van der Waals surface area (Å²) in [5, 5.41) is 11.8. The van der Waals surface area contributed by atoms with E-state index in [0.717, 1.165) is 4.47 Å². The molecule has 1 aromatic carbocycles. The topological polar surface area (TPSA) is 75.3 Å². The molecule has 0 saturated heterocycles. The second-order valence-electron chi connectivity index (χ2n) is 4.97. The average Bonchev–Trinajstić information content (AvgIpc) is 2.29. The molecule has 100 valence electrons. The lowest BCUT2D eigenvalue weighted by atomic mass is 9.84. The minimum atomic E-state index is -0.982. The van der Waals surface area contributed by atoms with Gasteiger partial charge in [0.05, 0.1) is 0 Å². The van der Waals surface area contributed by atoms with Crippen molar-refractivity contribution >= 4 is 21.9 Å². The summed E-state index contributed by atoms with van der Waals surface area (Å²) in [5.41, 5.74) is 6.56. The van der Waals surface area contributed by atoms with Gasteiger partial charge in [0.2, 0.25) is 0 Å². The smallest absolute Gasteiger partial charge is 0.321 e. The number of nitrogens with two attached hydrogens (primary N) is 1. The number of carbonyl (C=O) groups is 1. The van der Waals surface area contributed by atoms with E-state index in [9.17, 15) is 4.79 Å². The van der Waals surface area contributed by atoms with Crippen molar-refractivity contribution in [2.24, 2.45) is 5.73 Å². The first-order chi connectivity index (χ1) is 8.33. The van der Waals surface area contributed by atoms with E-state index in [2.05, 4.69) is 47.2 Å². The van der Waals surface area contributed by atoms with Crippen LogP contribution in [0.15, 0.2) is 28.7 Å². The summed E-state index contributed by atoms with van der Waals surface area (Å²) in [4.78, 5) is 10.6. The molecule has 5 heteroatoms. The molecule has 0 amide bonds. The lowest BCUT2D eigenvalue weighted by Gasteiger charge is -2.26. The minimum absolute atomic E-state index is 0.0705. The predicted molar refractivity (Wildman–Crippen MR) is 75.6 cm³/mol. The highest BCUT2D eigenvalue weighted by Gasteiger charge is 2.21. The van der Waals surface area contributed by atoms with Crippen LogP contribution in [-0.2, 0) is 10.2 Å². The zero-order valence-corrected chi connectivity index (χ0v) is 12.2. The molecule has 1 atom stereocenters. The molecule has 0 aliphatic rings. The van der Waals surface area contributed by atoms with Crippen molar-refractivity contribution in [3.05, 3.63) is 34.3 Å². The molecule has 0 aliphatic heterocycles. The van der Waals surface area contributed by atoms with Crippen LogP contribution in [0.5, 0.6) is 0 Å². The van der Waals surface area contributed by atoms with Crippen LogP contribution in [0, 0.1) is 0 Å². The Labute approximate surface area is 116 Å². The van der Waals surface area contributed by atoms with E-state index in [1.54, 1.807) is 0 Å². The van der Waals surface area contributed by atoms with Crippen molar-refractivity contribution in [1.82, 2.24) is 5.32 Å². The lowest BCUT2D eigenvalue weighted by Crippen LogP contribution is -2.44. The van der Waals surface area contributed by atoms with Crippen LogP contribution in [0.4, 0.5) is 0 Å². The molecule has 1 rings (SSSR count). The first-order valence-electron chi connectivity index (χ1n) is 5.78. The Morgan fingerprint density at radius 1 is 1.44 bits per heavy atom. The molecule has 0 aliphatic carbocycles. The van der Waals surface area contributed by atoms with Gasteiger partial charge in [-0.1, -0.05) is 41.9 Å². The van der Waals surface area contributed by atoms with Gasteiger partial charge in [0.25, 0.3) is 0 Å². The van der Waals surface area contributed by atoms with Crippen LogP contribution in [0.25, 0.3) is 0 Å². The molecule has 0 aromatic heterocycles. The van der Waals surface area contributed by atoms with Gasteiger partial charge in [-0.25, -0.2) is 0 Å². The summed E-state index contributed by atoms with van der Waals surface area (Å²) in [6.07, 6.45) is 0. The lowest BCUT2D eigenvalue weighted by molar-refractivity contribution is -0.138. The molecular formula is C13H19BrN2O2. The van der Waals surface area contributed by atoms with Gasteiger partial charge in [-0.05, 0) is 17.7 Å². The van der Waals surface area contributed by atoms with E-state index < -0.39 is 12.0 Å². The largest absolute Gasteiger partial charge is 0.480 e. The van der Waals surface area contributed by atoms with Crippen LogP contribution in [0.3, 0.4) is 0 Å².